The van der Waals surface area contributed by atoms with Crippen molar-refractivity contribution < 1.29 is 0 Å². The number of fused-ring (bicyclic) bond motifs is 1. The van der Waals surface area contributed by atoms with Gasteiger partial charge < -0.3 is 0 Å². The van der Waals surface area contributed by atoms with Gasteiger partial charge in [0, 0.05) is 0 Å². The highest BCUT2D eigenvalue weighted by Gasteiger charge is 1.97. The van der Waals surface area contributed by atoms with E-state index in [1.54, 1.807) is 4.80 Å². The first-order valence-electron chi connectivity index (χ1n) is 3.49. The Bertz CT molecular complexity index is 331. The molecule has 3 heteroatoms. The largest absolute Gasteiger partial charge is 0.184 e. The van der Waals surface area contributed by atoms with Crippen LogP contribution in [-0.4, -0.2) is 15.0 Å². The van der Waals surface area contributed by atoms with Gasteiger partial charge in [-0.3, -0.25) is 0 Å². The highest BCUT2D eigenvalue weighted by molar-refractivity contribution is 5.72. The van der Waals surface area contributed by atoms with E-state index in [4.69, 9.17) is 0 Å². The summed E-state index contributed by atoms with van der Waals surface area (Å²) in [5.74, 6) is 0. The number of hydrogen-bond acceptors (Lipinski definition) is 2. The van der Waals surface area contributed by atoms with Crippen molar-refractivity contribution in [3.8, 4) is 0 Å². The fourth-order valence-corrected chi connectivity index (χ4v) is 1.00. The summed E-state index contributed by atoms with van der Waals surface area (Å²) in [4.78, 5) is 1.59. The smallest absolute Gasteiger partial charge is 0.113 e. The van der Waals surface area contributed by atoms with Crippen LogP contribution in [0.15, 0.2) is 24.3 Å². The first-order chi connectivity index (χ1) is 5.40. The second-order valence-corrected chi connectivity index (χ2v) is 2.28. The molecule has 0 atom stereocenters. The van der Waals surface area contributed by atoms with Crippen LogP contribution in [0, 0.1) is 6.92 Å². The van der Waals surface area contributed by atoms with Crippen LogP contribution in [0.4, 0.5) is 0 Å². The second-order valence-electron chi connectivity index (χ2n) is 2.28. The summed E-state index contributed by atoms with van der Waals surface area (Å²) >= 11 is 0. The van der Waals surface area contributed by atoms with E-state index in [1.807, 2.05) is 24.3 Å². The molecule has 2 rings (SSSR count). The van der Waals surface area contributed by atoms with Gasteiger partial charge in [0.1, 0.15) is 11.0 Å². The summed E-state index contributed by atoms with van der Waals surface area (Å²) in [5, 5.41) is 8.35. The quantitative estimate of drug-likeness (QED) is 0.606. The molecule has 0 unspecified atom stereocenters. The Kier molecular flexibility index (Phi) is 1.35. The summed E-state index contributed by atoms with van der Waals surface area (Å²) in [5.41, 5.74) is 1.85. The molecule has 0 N–H and O–H groups in total. The summed E-state index contributed by atoms with van der Waals surface area (Å²) in [6, 6.07) is 7.78. The Hall–Kier alpha value is -1.38. The third-order valence-corrected chi connectivity index (χ3v) is 1.53. The molecule has 0 aliphatic rings. The van der Waals surface area contributed by atoms with E-state index in [1.165, 1.54) is 0 Å². The van der Waals surface area contributed by atoms with Gasteiger partial charge in [-0.1, -0.05) is 12.1 Å². The predicted molar refractivity (Wildman–Crippen MR) is 42.9 cm³/mol. The van der Waals surface area contributed by atoms with Crippen LogP contribution >= 0.6 is 0 Å². The summed E-state index contributed by atoms with van der Waals surface area (Å²) in [7, 11) is 0. The molecule has 1 heterocycles. The Morgan fingerprint density at radius 3 is 2.18 bits per heavy atom. The fourth-order valence-electron chi connectivity index (χ4n) is 1.00. The number of hydrogen-bond donors (Lipinski definition) is 0. The van der Waals surface area contributed by atoms with E-state index >= 15 is 0 Å². The maximum atomic E-state index is 4.17. The number of benzene rings is 1. The lowest BCUT2D eigenvalue weighted by molar-refractivity contribution is 0.609. The van der Waals surface area contributed by atoms with E-state index in [-0.39, 0.29) is 0 Å². The fraction of sp³-hybridized carbons (Fsp3) is 0.125. The zero-order chi connectivity index (χ0) is 7.68. The van der Waals surface area contributed by atoms with Crippen molar-refractivity contribution in [1.29, 1.82) is 0 Å². The molecule has 11 heavy (non-hydrogen) atoms. The molecule has 0 aliphatic heterocycles. The van der Waals surface area contributed by atoms with Crippen LogP contribution in [0.25, 0.3) is 11.0 Å². The predicted octanol–water partition coefficient (Wildman–Crippen LogP) is 1.27. The van der Waals surface area contributed by atoms with E-state index < -0.39 is 0 Å². The molecule has 0 saturated heterocycles. The Labute approximate surface area is 64.6 Å². The normalized spacial score (nSPS) is 10.6. The van der Waals surface area contributed by atoms with Gasteiger partial charge in [0.05, 0.1) is 6.54 Å². The van der Waals surface area contributed by atoms with Crippen LogP contribution in [0.1, 0.15) is 0 Å². The van der Waals surface area contributed by atoms with Gasteiger partial charge in [-0.2, -0.15) is 15.0 Å². The van der Waals surface area contributed by atoms with E-state index in [0.717, 1.165) is 11.0 Å². The molecule has 1 aromatic carbocycles. The zero-order valence-corrected chi connectivity index (χ0v) is 6.07. The van der Waals surface area contributed by atoms with Crippen LogP contribution in [0.2, 0.25) is 0 Å². The van der Waals surface area contributed by atoms with E-state index in [9.17, 15) is 0 Å². The van der Waals surface area contributed by atoms with Crippen LogP contribution in [-0.2, 0) is 6.54 Å². The lowest BCUT2D eigenvalue weighted by atomic mass is 10.3. The monoisotopic (exact) mass is 146 g/mol. The van der Waals surface area contributed by atoms with Gasteiger partial charge in [-0.15, -0.1) is 0 Å². The van der Waals surface area contributed by atoms with Gasteiger partial charge in [-0.05, 0) is 19.1 Å². The highest BCUT2D eigenvalue weighted by atomic mass is 15.5. The molecule has 1 radical (unpaired) electrons. The molecule has 0 fully saturated rings. The standard InChI is InChI=1S/C8H8N3/c1-2-11-9-7-5-3-4-6-8(7)10-11/h3-6H,1-2H2. The van der Waals surface area contributed by atoms with Crippen molar-refractivity contribution in [3.05, 3.63) is 31.2 Å². The molecule has 0 aliphatic carbocycles. The number of rotatable bonds is 1. The molecule has 1 aromatic heterocycles. The van der Waals surface area contributed by atoms with Gasteiger partial charge >= 0.3 is 0 Å². The maximum Gasteiger partial charge on any atom is 0.113 e. The minimum Gasteiger partial charge on any atom is -0.184 e. The summed E-state index contributed by atoms with van der Waals surface area (Å²) in [6.07, 6.45) is 0. The van der Waals surface area contributed by atoms with Gasteiger partial charge in [-0.25, -0.2) is 0 Å². The molecule has 3 nitrogen and oxygen atoms in total. The number of aromatic nitrogens is 3. The van der Waals surface area contributed by atoms with Gasteiger partial charge in [0.25, 0.3) is 0 Å². The van der Waals surface area contributed by atoms with Crippen molar-refractivity contribution >= 4 is 11.0 Å². The van der Waals surface area contributed by atoms with Crippen molar-refractivity contribution in [3.63, 3.8) is 0 Å². The van der Waals surface area contributed by atoms with Crippen molar-refractivity contribution in [2.45, 2.75) is 6.54 Å². The van der Waals surface area contributed by atoms with E-state index in [0.29, 0.717) is 6.54 Å². The third-order valence-electron chi connectivity index (χ3n) is 1.53. The van der Waals surface area contributed by atoms with E-state index in [2.05, 4.69) is 17.1 Å². The highest BCUT2D eigenvalue weighted by Crippen LogP contribution is 2.06. The molecule has 0 amide bonds. The second kappa shape index (κ2) is 2.34. The van der Waals surface area contributed by atoms with Gasteiger partial charge in [0.15, 0.2) is 0 Å². The number of nitrogens with zero attached hydrogens (tertiary/aromatic N) is 3. The topological polar surface area (TPSA) is 30.7 Å². The van der Waals surface area contributed by atoms with Gasteiger partial charge in [0.2, 0.25) is 0 Å². The Morgan fingerprint density at radius 2 is 1.73 bits per heavy atom. The first kappa shape index (κ1) is 6.34. The lowest BCUT2D eigenvalue weighted by Gasteiger charge is -1.85. The summed E-state index contributed by atoms with van der Waals surface area (Å²) in [6.45, 7) is 4.27. The third kappa shape index (κ3) is 0.981. The van der Waals surface area contributed by atoms with Crippen molar-refractivity contribution in [2.24, 2.45) is 0 Å². The molecule has 0 spiro atoms. The Morgan fingerprint density at radius 1 is 1.18 bits per heavy atom. The van der Waals surface area contributed by atoms with Crippen LogP contribution in [0.3, 0.4) is 0 Å². The van der Waals surface area contributed by atoms with Crippen LogP contribution in [0.5, 0.6) is 0 Å². The average molecular weight is 146 g/mol. The first-order valence-corrected chi connectivity index (χ1v) is 3.49. The summed E-state index contributed by atoms with van der Waals surface area (Å²) < 4.78 is 0. The van der Waals surface area contributed by atoms with Crippen LogP contribution < -0.4 is 0 Å². The van der Waals surface area contributed by atoms with Crippen molar-refractivity contribution in [2.75, 3.05) is 0 Å². The van der Waals surface area contributed by atoms with Crippen molar-refractivity contribution in [1.82, 2.24) is 15.0 Å². The SMILES string of the molecule is [CH2]Cn1nc2ccccc2n1. The molecule has 0 saturated carbocycles. The zero-order valence-electron chi connectivity index (χ0n) is 6.07. The minimum absolute atomic E-state index is 0.578. The molecule has 55 valence electrons. The molecular formula is C8H8N3. The molecule has 2 aromatic rings. The molecular weight excluding hydrogens is 138 g/mol. The molecule has 0 bridgehead atoms. The average Bonchev–Trinajstić information content (AvgIpc) is 2.46. The minimum atomic E-state index is 0.578. The maximum absolute atomic E-state index is 4.17. The lowest BCUT2D eigenvalue weighted by Crippen LogP contribution is -1.97. The Balaban J connectivity index is 2.69.